The highest BCUT2D eigenvalue weighted by molar-refractivity contribution is 6.99. The van der Waals surface area contributed by atoms with E-state index in [1.54, 1.807) is 0 Å². The fraction of sp³-hybridized carbons (Fsp3) is 0.875. The Labute approximate surface area is 387 Å². The molecule has 0 bridgehead atoms. The number of quaternary nitrogens is 1. The number of ether oxygens (including phenoxy) is 3. The van der Waals surface area contributed by atoms with Gasteiger partial charge in [0.1, 0.15) is 12.2 Å². The molecule has 1 aromatic rings. The van der Waals surface area contributed by atoms with Crippen LogP contribution in [0.25, 0.3) is 5.57 Å². The summed E-state index contributed by atoms with van der Waals surface area (Å²) in [5.74, 6) is 0.849. The Morgan fingerprint density at radius 2 is 1.19 bits per heavy atom. The van der Waals surface area contributed by atoms with Gasteiger partial charge in [-0.05, 0) is 51.4 Å². The van der Waals surface area contributed by atoms with Gasteiger partial charge < -0.3 is 38.2 Å². The quantitative estimate of drug-likeness (QED) is 0.0272. The highest BCUT2D eigenvalue weighted by Crippen LogP contribution is 2.34. The molecule has 2 aliphatic carbocycles. The SMILES string of the molecule is CCCCCCCCCC(Cl)OC(=O)C1CCCCC1.CCCCCCCCCC(OC(=O)C1CCCCC1)[N+]1(C)CCC=C(c2nsnc2OCCCCCC)C1.[I-]. The van der Waals surface area contributed by atoms with Crippen LogP contribution in [0.1, 0.15) is 226 Å². The number of carbonyl (C=O) groups excluding carboxylic acids is 2. The Bertz CT molecular complexity index is 1260. The van der Waals surface area contributed by atoms with Crippen LogP contribution in [0.15, 0.2) is 6.08 Å². The van der Waals surface area contributed by atoms with Crippen molar-refractivity contribution in [1.29, 1.82) is 0 Å². The van der Waals surface area contributed by atoms with Crippen LogP contribution in [-0.4, -0.2) is 63.7 Å². The number of carbonyl (C=O) groups is 2. The molecule has 0 radical (unpaired) electrons. The molecular formula is C48H85ClIN3O5S. The Hall–Kier alpha value is -0.980. The molecule has 59 heavy (non-hydrogen) atoms. The van der Waals surface area contributed by atoms with E-state index in [0.717, 1.165) is 113 Å². The number of rotatable bonds is 28. The first kappa shape index (κ1) is 54.2. The van der Waals surface area contributed by atoms with Crippen LogP contribution < -0.4 is 28.7 Å². The minimum atomic E-state index is -0.417. The summed E-state index contributed by atoms with van der Waals surface area (Å²) in [6.07, 6.45) is 38.4. The van der Waals surface area contributed by atoms with Crippen molar-refractivity contribution in [2.45, 2.75) is 232 Å². The lowest BCUT2D eigenvalue weighted by atomic mass is 9.89. The Morgan fingerprint density at radius 1 is 0.695 bits per heavy atom. The number of likely N-dealkylation sites (N-methyl/N-ethyl adjacent to an activating group) is 1. The van der Waals surface area contributed by atoms with Crippen LogP contribution in [-0.2, 0) is 19.1 Å². The number of unbranched alkanes of at least 4 members (excludes halogenated alkanes) is 15. The van der Waals surface area contributed by atoms with E-state index in [4.69, 9.17) is 25.8 Å². The lowest BCUT2D eigenvalue weighted by Gasteiger charge is -2.43. The first-order valence-electron chi connectivity index (χ1n) is 24.3. The Morgan fingerprint density at radius 3 is 1.75 bits per heavy atom. The monoisotopic (exact) mass is 977 g/mol. The lowest BCUT2D eigenvalue weighted by Crippen LogP contribution is -3.00. The highest BCUT2D eigenvalue weighted by Gasteiger charge is 2.40. The molecular weight excluding hydrogens is 893 g/mol. The van der Waals surface area contributed by atoms with E-state index in [0.29, 0.717) is 12.5 Å². The fourth-order valence-electron chi connectivity index (χ4n) is 8.88. The zero-order valence-electron chi connectivity index (χ0n) is 38.0. The Balaban J connectivity index is 0.000000484. The largest absolute Gasteiger partial charge is 1.00 e. The van der Waals surface area contributed by atoms with E-state index >= 15 is 0 Å². The van der Waals surface area contributed by atoms with Crippen molar-refractivity contribution in [2.24, 2.45) is 11.8 Å². The van der Waals surface area contributed by atoms with E-state index in [2.05, 4.69) is 42.6 Å². The van der Waals surface area contributed by atoms with Gasteiger partial charge in [-0.1, -0.05) is 173 Å². The maximum Gasteiger partial charge on any atom is 0.313 e. The van der Waals surface area contributed by atoms with Crippen molar-refractivity contribution in [2.75, 3.05) is 26.7 Å². The molecule has 2 saturated carbocycles. The summed E-state index contributed by atoms with van der Waals surface area (Å²) in [4.78, 5) is 25.2. The molecule has 0 saturated heterocycles. The van der Waals surface area contributed by atoms with Crippen LogP contribution >= 0.6 is 23.3 Å². The van der Waals surface area contributed by atoms with Gasteiger partial charge in [-0.25, -0.2) is 0 Å². The molecule has 3 atom stereocenters. The predicted octanol–water partition coefficient (Wildman–Crippen LogP) is 11.1. The van der Waals surface area contributed by atoms with Crippen molar-refractivity contribution >= 4 is 40.8 Å². The molecule has 8 nitrogen and oxygen atoms in total. The first-order valence-corrected chi connectivity index (χ1v) is 25.5. The van der Waals surface area contributed by atoms with E-state index in [1.807, 2.05) is 0 Å². The molecule has 342 valence electrons. The smallest absolute Gasteiger partial charge is 0.313 e. The fourth-order valence-corrected chi connectivity index (χ4v) is 9.65. The zero-order valence-corrected chi connectivity index (χ0v) is 41.7. The summed E-state index contributed by atoms with van der Waals surface area (Å²) in [6, 6.07) is 0. The molecule has 3 unspecified atom stereocenters. The standard InChI is InChI=1S/C31H54N3O3S.C17H31ClO2.HI/c1-4-6-8-10-11-12-16-22-28(37-31(35)26-19-14-13-15-20-26)34(3)23-18-21-27(25-34)29-30(33-38-32-29)36-24-17-9-7-5-2;1-2-3-4-5-6-7-11-14-16(18)20-17(19)15-12-9-8-10-13-15;/h21,26,28H,4-20,22-25H2,1-3H3;15-16H,2-14H2,1H3;1H/q+1;;/p-1. The third-order valence-electron chi connectivity index (χ3n) is 12.7. The van der Waals surface area contributed by atoms with Crippen LogP contribution in [0.3, 0.4) is 0 Å². The summed E-state index contributed by atoms with van der Waals surface area (Å²) < 4.78 is 27.7. The van der Waals surface area contributed by atoms with Crippen molar-refractivity contribution in [3.63, 3.8) is 0 Å². The van der Waals surface area contributed by atoms with Crippen LogP contribution in [0.5, 0.6) is 5.88 Å². The summed E-state index contributed by atoms with van der Waals surface area (Å²) >= 11 is 7.35. The molecule has 3 aliphatic rings. The average molecular weight is 979 g/mol. The number of nitrogens with zero attached hydrogens (tertiary/aromatic N) is 3. The average Bonchev–Trinajstić information content (AvgIpc) is 3.72. The minimum absolute atomic E-state index is 0. The number of halogens is 2. The molecule has 2 heterocycles. The molecule has 0 aromatic carbocycles. The summed E-state index contributed by atoms with van der Waals surface area (Å²) in [7, 11) is 2.28. The second-order valence-corrected chi connectivity index (χ2v) is 18.9. The molecule has 4 rings (SSSR count). The van der Waals surface area contributed by atoms with E-state index in [1.165, 1.54) is 126 Å². The molecule has 1 aliphatic heterocycles. The predicted molar refractivity (Wildman–Crippen MR) is 242 cm³/mol. The number of hydrogen-bond acceptors (Lipinski definition) is 8. The summed E-state index contributed by atoms with van der Waals surface area (Å²) in [5.41, 5.74) is 1.66. The van der Waals surface area contributed by atoms with Crippen LogP contribution in [0.2, 0.25) is 0 Å². The van der Waals surface area contributed by atoms with Gasteiger partial charge in [0.2, 0.25) is 6.23 Å². The molecule has 0 N–H and O–H groups in total. The number of esters is 2. The van der Waals surface area contributed by atoms with Gasteiger partial charge in [0.15, 0.2) is 5.56 Å². The highest BCUT2D eigenvalue weighted by atomic mass is 127. The molecule has 11 heteroatoms. The van der Waals surface area contributed by atoms with Crippen molar-refractivity contribution in [3.05, 3.63) is 11.8 Å². The minimum Gasteiger partial charge on any atom is -1.00 e. The van der Waals surface area contributed by atoms with E-state index in [-0.39, 0.29) is 54.0 Å². The van der Waals surface area contributed by atoms with Gasteiger partial charge >= 0.3 is 11.9 Å². The van der Waals surface area contributed by atoms with Gasteiger partial charge in [0, 0.05) is 18.4 Å². The second-order valence-electron chi connectivity index (χ2n) is 17.9. The third-order valence-corrected chi connectivity index (χ3v) is 13.5. The van der Waals surface area contributed by atoms with Crippen LogP contribution in [0.4, 0.5) is 0 Å². The first-order chi connectivity index (χ1) is 28.3. The third kappa shape index (κ3) is 22.3. The number of alkyl halides is 1. The summed E-state index contributed by atoms with van der Waals surface area (Å²) in [6.45, 7) is 9.20. The van der Waals surface area contributed by atoms with Gasteiger partial charge in [-0.15, -0.1) is 4.37 Å². The van der Waals surface area contributed by atoms with Gasteiger partial charge in [0.25, 0.3) is 5.88 Å². The summed E-state index contributed by atoms with van der Waals surface area (Å²) in [5, 5.41) is 0. The van der Waals surface area contributed by atoms with Crippen molar-refractivity contribution in [3.8, 4) is 5.88 Å². The molecule has 0 amide bonds. The maximum atomic E-state index is 13.3. The Kier molecular flexibility index (Phi) is 30.8. The molecule has 0 spiro atoms. The second kappa shape index (κ2) is 33.6. The van der Waals surface area contributed by atoms with Gasteiger partial charge in [0.05, 0.1) is 43.8 Å². The normalized spacial score (nSPS) is 19.7. The van der Waals surface area contributed by atoms with Gasteiger partial charge in [-0.3, -0.25) is 14.1 Å². The zero-order chi connectivity index (χ0) is 41.7. The maximum absolute atomic E-state index is 13.3. The molecule has 2 fully saturated rings. The number of hydrogen-bond donors (Lipinski definition) is 0. The lowest BCUT2D eigenvalue weighted by molar-refractivity contribution is -0.947. The van der Waals surface area contributed by atoms with Gasteiger partial charge in [-0.2, -0.15) is 4.37 Å². The van der Waals surface area contributed by atoms with Crippen LogP contribution in [0, 0.1) is 11.8 Å². The number of aromatic nitrogens is 2. The van der Waals surface area contributed by atoms with E-state index < -0.39 is 5.56 Å². The molecule has 1 aromatic heterocycles. The topological polar surface area (TPSA) is 87.6 Å². The van der Waals surface area contributed by atoms with Crippen molar-refractivity contribution in [1.82, 2.24) is 8.75 Å². The van der Waals surface area contributed by atoms with Crippen molar-refractivity contribution < 1.29 is 52.3 Å². The van der Waals surface area contributed by atoms with E-state index in [9.17, 15) is 9.59 Å².